The zero-order valence-electron chi connectivity index (χ0n) is 14.4. The first kappa shape index (κ1) is 15.8. The highest BCUT2D eigenvalue weighted by Gasteiger charge is 2.25. The lowest BCUT2D eigenvalue weighted by Crippen LogP contribution is -2.30. The van der Waals surface area contributed by atoms with Crippen LogP contribution >= 0.6 is 0 Å². The minimum absolute atomic E-state index is 0.504. The van der Waals surface area contributed by atoms with Crippen LogP contribution in [0, 0.1) is 18.8 Å². The molecule has 0 aromatic carbocycles. The topological polar surface area (TPSA) is 43.2 Å². The number of rotatable bonds is 6. The van der Waals surface area contributed by atoms with Gasteiger partial charge in [-0.1, -0.05) is 6.07 Å². The van der Waals surface area contributed by atoms with E-state index in [1.165, 1.54) is 12.8 Å². The Morgan fingerprint density at radius 2 is 2.04 bits per heavy atom. The largest absolute Gasteiger partial charge is 0.381 e. The summed E-state index contributed by atoms with van der Waals surface area (Å²) in [6, 6.07) is 6.25. The average molecular weight is 326 g/mol. The minimum atomic E-state index is 0.504. The van der Waals surface area contributed by atoms with Crippen LogP contribution in [-0.4, -0.2) is 39.2 Å². The van der Waals surface area contributed by atoms with Gasteiger partial charge in [0.2, 0.25) is 0 Å². The Balaban J connectivity index is 1.43. The lowest BCUT2D eigenvalue weighted by atomic mass is 10.1. The van der Waals surface area contributed by atoms with E-state index in [-0.39, 0.29) is 0 Å². The summed E-state index contributed by atoms with van der Waals surface area (Å²) in [5, 5.41) is 0. The van der Waals surface area contributed by atoms with Crippen LogP contribution < -0.4 is 0 Å². The molecule has 1 aliphatic carbocycles. The molecule has 0 bridgehead atoms. The van der Waals surface area contributed by atoms with Crippen molar-refractivity contribution in [2.24, 2.45) is 11.8 Å². The van der Waals surface area contributed by atoms with Crippen LogP contribution in [0.4, 0.5) is 0 Å². The number of aryl methyl sites for hydroxylation is 1. The van der Waals surface area contributed by atoms with Gasteiger partial charge in [-0.2, -0.15) is 0 Å². The molecule has 1 fully saturated rings. The van der Waals surface area contributed by atoms with Crippen LogP contribution in [0.3, 0.4) is 0 Å². The van der Waals surface area contributed by atoms with Crippen LogP contribution in [-0.2, 0) is 24.4 Å². The molecule has 2 aromatic heterocycles. The molecule has 24 heavy (non-hydrogen) atoms. The molecule has 1 unspecified atom stereocenters. The molecule has 1 saturated carbocycles. The average Bonchev–Trinajstić information content (AvgIpc) is 3.30. The third kappa shape index (κ3) is 4.02. The van der Waals surface area contributed by atoms with Gasteiger partial charge in [-0.05, 0) is 37.8 Å². The monoisotopic (exact) mass is 326 g/mol. The van der Waals surface area contributed by atoms with Gasteiger partial charge in [0, 0.05) is 50.2 Å². The van der Waals surface area contributed by atoms with Gasteiger partial charge in [-0.3, -0.25) is 9.88 Å². The van der Waals surface area contributed by atoms with E-state index in [0.717, 1.165) is 62.5 Å². The van der Waals surface area contributed by atoms with Gasteiger partial charge in [0.15, 0.2) is 0 Å². The Kier molecular flexibility index (Phi) is 4.63. The molecule has 2 aliphatic rings. The first-order chi connectivity index (χ1) is 11.8. The van der Waals surface area contributed by atoms with E-state index in [0.29, 0.717) is 5.92 Å². The summed E-state index contributed by atoms with van der Waals surface area (Å²) >= 11 is 0. The van der Waals surface area contributed by atoms with Gasteiger partial charge in [-0.25, -0.2) is 4.98 Å². The number of hydrogen-bond acceptors (Lipinski definition) is 4. The van der Waals surface area contributed by atoms with Crippen molar-refractivity contribution in [3.8, 4) is 0 Å². The normalized spacial score (nSPS) is 21.5. The van der Waals surface area contributed by atoms with E-state index < -0.39 is 0 Å². The summed E-state index contributed by atoms with van der Waals surface area (Å²) in [5.74, 6) is 2.48. The molecule has 128 valence electrons. The fraction of sp³-hybridized carbons (Fsp3) is 0.579. The molecule has 0 spiro atoms. The quantitative estimate of drug-likeness (QED) is 0.818. The molecule has 3 heterocycles. The maximum Gasteiger partial charge on any atom is 0.122 e. The van der Waals surface area contributed by atoms with Crippen molar-refractivity contribution in [2.75, 3.05) is 19.8 Å². The van der Waals surface area contributed by atoms with E-state index in [1.54, 1.807) is 0 Å². The smallest absolute Gasteiger partial charge is 0.122 e. The van der Waals surface area contributed by atoms with Crippen molar-refractivity contribution in [3.63, 3.8) is 0 Å². The van der Waals surface area contributed by atoms with Gasteiger partial charge in [-0.15, -0.1) is 0 Å². The van der Waals surface area contributed by atoms with E-state index in [4.69, 9.17) is 4.74 Å². The van der Waals surface area contributed by atoms with Crippen molar-refractivity contribution in [3.05, 3.63) is 47.8 Å². The predicted octanol–water partition coefficient (Wildman–Crippen LogP) is 2.65. The van der Waals surface area contributed by atoms with Gasteiger partial charge in [0.05, 0.1) is 18.8 Å². The Bertz CT molecular complexity index is 680. The second-order valence-electron chi connectivity index (χ2n) is 7.28. The molecule has 0 radical (unpaired) electrons. The lowest BCUT2D eigenvalue weighted by molar-refractivity contribution is 0.0703. The summed E-state index contributed by atoms with van der Waals surface area (Å²) in [4.78, 5) is 11.7. The Morgan fingerprint density at radius 3 is 2.88 bits per heavy atom. The van der Waals surface area contributed by atoms with Crippen molar-refractivity contribution >= 4 is 0 Å². The first-order valence-electron chi connectivity index (χ1n) is 8.99. The molecular weight excluding hydrogens is 300 g/mol. The van der Waals surface area contributed by atoms with Crippen molar-refractivity contribution in [1.29, 1.82) is 0 Å². The van der Waals surface area contributed by atoms with Crippen LogP contribution in [0.25, 0.3) is 0 Å². The van der Waals surface area contributed by atoms with Gasteiger partial charge in [0.25, 0.3) is 0 Å². The molecule has 4 rings (SSSR count). The maximum absolute atomic E-state index is 5.99. The maximum atomic E-state index is 5.99. The second-order valence-corrected chi connectivity index (χ2v) is 7.28. The Labute approximate surface area is 143 Å². The van der Waals surface area contributed by atoms with Crippen molar-refractivity contribution in [2.45, 2.75) is 39.4 Å². The SMILES string of the molecule is Cc1cccc(CN2Cc3nccn3CC(COCC3CC3)C2)n1. The van der Waals surface area contributed by atoms with Crippen molar-refractivity contribution in [1.82, 2.24) is 19.4 Å². The number of imidazole rings is 1. The molecule has 5 heteroatoms. The van der Waals surface area contributed by atoms with E-state index in [9.17, 15) is 0 Å². The molecule has 1 atom stereocenters. The predicted molar refractivity (Wildman–Crippen MR) is 92.3 cm³/mol. The molecule has 0 amide bonds. The Morgan fingerprint density at radius 1 is 1.17 bits per heavy atom. The summed E-state index contributed by atoms with van der Waals surface area (Å²) in [6.07, 6.45) is 6.70. The molecule has 5 nitrogen and oxygen atoms in total. The van der Waals surface area contributed by atoms with E-state index >= 15 is 0 Å². The summed E-state index contributed by atoms with van der Waals surface area (Å²) in [5.41, 5.74) is 2.21. The van der Waals surface area contributed by atoms with Crippen LogP contribution in [0.2, 0.25) is 0 Å². The number of nitrogens with zero attached hydrogens (tertiary/aromatic N) is 4. The molecule has 1 aliphatic heterocycles. The van der Waals surface area contributed by atoms with Crippen LogP contribution in [0.15, 0.2) is 30.6 Å². The fourth-order valence-electron chi connectivity index (χ4n) is 3.45. The van der Waals surface area contributed by atoms with Gasteiger partial charge >= 0.3 is 0 Å². The third-order valence-electron chi connectivity index (χ3n) is 4.87. The second kappa shape index (κ2) is 7.03. The zero-order chi connectivity index (χ0) is 16.4. The van der Waals surface area contributed by atoms with E-state index in [2.05, 4.69) is 37.8 Å². The molecule has 2 aromatic rings. The van der Waals surface area contributed by atoms with E-state index in [1.807, 2.05) is 19.2 Å². The molecule has 0 saturated heterocycles. The number of hydrogen-bond donors (Lipinski definition) is 0. The number of ether oxygens (including phenoxy) is 1. The standard InChI is InChI=1S/C19H26N4O/c1-15-3-2-4-18(21-15)11-22-9-17(14-24-13-16-5-6-16)10-23-8-7-20-19(23)12-22/h2-4,7-8,16-17H,5-6,9-14H2,1H3. The molecular formula is C19H26N4O. The summed E-state index contributed by atoms with van der Waals surface area (Å²) in [6.45, 7) is 7.60. The third-order valence-corrected chi connectivity index (χ3v) is 4.87. The number of aromatic nitrogens is 3. The molecule has 0 N–H and O–H groups in total. The first-order valence-corrected chi connectivity index (χ1v) is 8.99. The highest BCUT2D eigenvalue weighted by molar-refractivity contribution is 5.10. The highest BCUT2D eigenvalue weighted by atomic mass is 16.5. The summed E-state index contributed by atoms with van der Waals surface area (Å²) in [7, 11) is 0. The number of pyridine rings is 1. The highest BCUT2D eigenvalue weighted by Crippen LogP contribution is 2.29. The summed E-state index contributed by atoms with van der Waals surface area (Å²) < 4.78 is 8.27. The van der Waals surface area contributed by atoms with Gasteiger partial charge in [0.1, 0.15) is 5.82 Å². The Hall–Kier alpha value is -1.72. The van der Waals surface area contributed by atoms with Crippen LogP contribution in [0.1, 0.15) is 30.1 Å². The lowest BCUT2D eigenvalue weighted by Gasteiger charge is -2.23. The zero-order valence-corrected chi connectivity index (χ0v) is 14.4. The fourth-order valence-corrected chi connectivity index (χ4v) is 3.45. The van der Waals surface area contributed by atoms with Gasteiger partial charge < -0.3 is 9.30 Å². The number of fused-ring (bicyclic) bond motifs is 1. The minimum Gasteiger partial charge on any atom is -0.381 e. The van der Waals surface area contributed by atoms with Crippen LogP contribution in [0.5, 0.6) is 0 Å². The van der Waals surface area contributed by atoms with Crippen molar-refractivity contribution < 1.29 is 4.74 Å².